The monoisotopic (exact) mass is 275 g/mol. The van der Waals surface area contributed by atoms with Gasteiger partial charge in [-0.2, -0.15) is 0 Å². The lowest BCUT2D eigenvalue weighted by atomic mass is 10.1. The third-order valence-electron chi connectivity index (χ3n) is 3.79. The van der Waals surface area contributed by atoms with Crippen LogP contribution >= 0.6 is 0 Å². The number of nitrogens with zero attached hydrogens (tertiary/aromatic N) is 1. The number of aryl methyl sites for hydroxylation is 1. The highest BCUT2D eigenvalue weighted by Crippen LogP contribution is 2.08. The summed E-state index contributed by atoms with van der Waals surface area (Å²) in [6.45, 7) is 4.35. The fourth-order valence-corrected chi connectivity index (χ4v) is 2.57. The molecule has 0 spiro atoms. The van der Waals surface area contributed by atoms with Crippen LogP contribution in [0.25, 0.3) is 0 Å². The van der Waals surface area contributed by atoms with Gasteiger partial charge < -0.3 is 16.0 Å². The molecule has 0 bridgehead atoms. The van der Waals surface area contributed by atoms with E-state index in [4.69, 9.17) is 5.73 Å². The van der Waals surface area contributed by atoms with Crippen LogP contribution in [-0.4, -0.2) is 37.0 Å². The van der Waals surface area contributed by atoms with E-state index in [1.165, 1.54) is 25.9 Å². The van der Waals surface area contributed by atoms with Crippen molar-refractivity contribution in [2.75, 3.05) is 31.9 Å². The van der Waals surface area contributed by atoms with E-state index >= 15 is 0 Å². The minimum Gasteiger partial charge on any atom is -0.399 e. The largest absolute Gasteiger partial charge is 0.399 e. The lowest BCUT2D eigenvalue weighted by Crippen LogP contribution is -2.28. The minimum atomic E-state index is 0.142. The molecule has 1 aromatic rings. The molecule has 1 fully saturated rings. The Balaban J connectivity index is 1.54. The molecule has 0 aromatic heterocycles. The van der Waals surface area contributed by atoms with Gasteiger partial charge in [-0.15, -0.1) is 0 Å². The van der Waals surface area contributed by atoms with Crippen molar-refractivity contribution in [1.29, 1.82) is 0 Å². The molecule has 0 atom stereocenters. The normalized spacial score (nSPS) is 15.4. The summed E-state index contributed by atoms with van der Waals surface area (Å²) in [5, 5.41) is 3.00. The van der Waals surface area contributed by atoms with E-state index in [1.807, 2.05) is 24.3 Å². The number of amides is 1. The summed E-state index contributed by atoms with van der Waals surface area (Å²) >= 11 is 0. The number of nitrogens with one attached hydrogen (secondary N) is 1. The number of hydrogen-bond donors (Lipinski definition) is 2. The zero-order valence-corrected chi connectivity index (χ0v) is 12.1. The predicted octanol–water partition coefficient (Wildman–Crippen LogP) is 1.80. The summed E-state index contributed by atoms with van der Waals surface area (Å²) in [5.41, 5.74) is 7.55. The van der Waals surface area contributed by atoms with Gasteiger partial charge in [-0.25, -0.2) is 0 Å². The average molecular weight is 275 g/mol. The first-order chi connectivity index (χ1) is 9.74. The standard InChI is InChI=1S/C16H25N3O/c17-15-7-4-14(5-8-15)6-9-16(20)18-10-3-13-19-11-1-2-12-19/h4-5,7-8H,1-3,6,9-13,17H2,(H,18,20). The van der Waals surface area contributed by atoms with E-state index in [1.54, 1.807) is 0 Å². The fraction of sp³-hybridized carbons (Fsp3) is 0.562. The van der Waals surface area contributed by atoms with Gasteiger partial charge in [0.1, 0.15) is 0 Å². The third-order valence-corrected chi connectivity index (χ3v) is 3.79. The molecule has 0 unspecified atom stereocenters. The van der Waals surface area contributed by atoms with Gasteiger partial charge in [-0.1, -0.05) is 12.1 Å². The second-order valence-electron chi connectivity index (χ2n) is 5.49. The third kappa shape index (κ3) is 5.21. The van der Waals surface area contributed by atoms with Crippen LogP contribution in [0.3, 0.4) is 0 Å². The number of likely N-dealkylation sites (tertiary alicyclic amines) is 1. The first-order valence-electron chi connectivity index (χ1n) is 7.57. The number of nitrogens with two attached hydrogens (primary N) is 1. The molecule has 0 radical (unpaired) electrons. The van der Waals surface area contributed by atoms with Gasteiger partial charge in [0.05, 0.1) is 0 Å². The number of anilines is 1. The number of benzene rings is 1. The van der Waals surface area contributed by atoms with E-state index in [0.29, 0.717) is 6.42 Å². The molecule has 0 aliphatic carbocycles. The van der Waals surface area contributed by atoms with Crippen LogP contribution < -0.4 is 11.1 Å². The smallest absolute Gasteiger partial charge is 0.220 e. The maximum atomic E-state index is 11.7. The Morgan fingerprint density at radius 3 is 2.60 bits per heavy atom. The van der Waals surface area contributed by atoms with Crippen LogP contribution in [0.2, 0.25) is 0 Å². The van der Waals surface area contributed by atoms with E-state index in [-0.39, 0.29) is 5.91 Å². The van der Waals surface area contributed by atoms with Gasteiger partial charge in [-0.05, 0) is 63.0 Å². The molecule has 110 valence electrons. The SMILES string of the molecule is Nc1ccc(CCC(=O)NCCCN2CCCC2)cc1. The van der Waals surface area contributed by atoms with Gasteiger partial charge in [0, 0.05) is 18.7 Å². The van der Waals surface area contributed by atoms with E-state index in [9.17, 15) is 4.79 Å². The Kier molecular flexibility index (Phi) is 5.87. The quantitative estimate of drug-likeness (QED) is 0.589. The maximum Gasteiger partial charge on any atom is 0.220 e. The van der Waals surface area contributed by atoms with Gasteiger partial charge in [0.2, 0.25) is 5.91 Å². The van der Waals surface area contributed by atoms with Crippen LogP contribution in [0.1, 0.15) is 31.2 Å². The summed E-state index contributed by atoms with van der Waals surface area (Å²) in [4.78, 5) is 14.2. The Hall–Kier alpha value is -1.55. The Morgan fingerprint density at radius 2 is 1.90 bits per heavy atom. The second kappa shape index (κ2) is 7.90. The molecule has 2 rings (SSSR count). The Bertz CT molecular complexity index is 410. The molecule has 1 heterocycles. The Labute approximate surface area is 121 Å². The molecule has 4 nitrogen and oxygen atoms in total. The number of nitrogen functional groups attached to an aromatic ring is 1. The average Bonchev–Trinajstić information content (AvgIpc) is 2.96. The molecule has 1 aliphatic heterocycles. The molecule has 1 aliphatic rings. The van der Waals surface area contributed by atoms with Crippen LogP contribution in [-0.2, 0) is 11.2 Å². The predicted molar refractivity (Wildman–Crippen MR) is 82.5 cm³/mol. The zero-order valence-electron chi connectivity index (χ0n) is 12.1. The fourth-order valence-electron chi connectivity index (χ4n) is 2.57. The van der Waals surface area contributed by atoms with Crippen molar-refractivity contribution in [2.45, 2.75) is 32.1 Å². The van der Waals surface area contributed by atoms with Gasteiger partial charge in [0.15, 0.2) is 0 Å². The first-order valence-corrected chi connectivity index (χ1v) is 7.57. The summed E-state index contributed by atoms with van der Waals surface area (Å²) < 4.78 is 0. The topological polar surface area (TPSA) is 58.4 Å². The van der Waals surface area contributed by atoms with Crippen molar-refractivity contribution in [3.8, 4) is 0 Å². The zero-order chi connectivity index (χ0) is 14.2. The number of hydrogen-bond acceptors (Lipinski definition) is 3. The molecule has 1 aromatic carbocycles. The molecule has 4 heteroatoms. The lowest BCUT2D eigenvalue weighted by molar-refractivity contribution is -0.121. The van der Waals surface area contributed by atoms with Crippen molar-refractivity contribution in [2.24, 2.45) is 0 Å². The van der Waals surface area contributed by atoms with Crippen molar-refractivity contribution < 1.29 is 4.79 Å². The number of carbonyl (C=O) groups excluding carboxylic acids is 1. The van der Waals surface area contributed by atoms with Gasteiger partial charge >= 0.3 is 0 Å². The van der Waals surface area contributed by atoms with Crippen LogP contribution in [0.15, 0.2) is 24.3 Å². The number of rotatable bonds is 7. The highest BCUT2D eigenvalue weighted by atomic mass is 16.1. The second-order valence-corrected chi connectivity index (χ2v) is 5.49. The summed E-state index contributed by atoms with van der Waals surface area (Å²) in [5.74, 6) is 0.142. The van der Waals surface area contributed by atoms with E-state index in [2.05, 4.69) is 10.2 Å². The maximum absolute atomic E-state index is 11.7. The van der Waals surface area contributed by atoms with Gasteiger partial charge in [0.25, 0.3) is 0 Å². The van der Waals surface area contributed by atoms with Crippen molar-refractivity contribution >= 4 is 11.6 Å². The van der Waals surface area contributed by atoms with E-state index in [0.717, 1.165) is 37.2 Å². The van der Waals surface area contributed by atoms with Crippen molar-refractivity contribution in [1.82, 2.24) is 10.2 Å². The molecule has 1 saturated heterocycles. The van der Waals surface area contributed by atoms with Crippen molar-refractivity contribution in [3.63, 3.8) is 0 Å². The molecule has 1 amide bonds. The van der Waals surface area contributed by atoms with Crippen LogP contribution in [0.4, 0.5) is 5.69 Å². The summed E-state index contributed by atoms with van der Waals surface area (Å²) in [6, 6.07) is 7.72. The lowest BCUT2D eigenvalue weighted by Gasteiger charge is -2.14. The summed E-state index contributed by atoms with van der Waals surface area (Å²) in [6.07, 6.45) is 5.03. The highest BCUT2D eigenvalue weighted by molar-refractivity contribution is 5.76. The van der Waals surface area contributed by atoms with Gasteiger partial charge in [-0.3, -0.25) is 4.79 Å². The highest BCUT2D eigenvalue weighted by Gasteiger charge is 2.10. The molecule has 20 heavy (non-hydrogen) atoms. The van der Waals surface area contributed by atoms with Crippen molar-refractivity contribution in [3.05, 3.63) is 29.8 Å². The molecule has 3 N–H and O–H groups in total. The number of carbonyl (C=O) groups is 1. The Morgan fingerprint density at radius 1 is 1.20 bits per heavy atom. The van der Waals surface area contributed by atoms with Crippen LogP contribution in [0, 0.1) is 0 Å². The molecular weight excluding hydrogens is 250 g/mol. The minimum absolute atomic E-state index is 0.142. The molecular formula is C16H25N3O. The van der Waals surface area contributed by atoms with E-state index < -0.39 is 0 Å². The molecule has 0 saturated carbocycles. The first kappa shape index (κ1) is 14.9. The van der Waals surface area contributed by atoms with Crippen LogP contribution in [0.5, 0.6) is 0 Å². The summed E-state index contributed by atoms with van der Waals surface area (Å²) in [7, 11) is 0.